The lowest BCUT2D eigenvalue weighted by Gasteiger charge is -2.17. The Labute approximate surface area is 98.0 Å². The summed E-state index contributed by atoms with van der Waals surface area (Å²) in [6.07, 6.45) is 9.50. The van der Waals surface area contributed by atoms with Crippen LogP contribution in [0, 0.1) is 5.92 Å². The van der Waals surface area contributed by atoms with Crippen molar-refractivity contribution < 1.29 is 0 Å². The summed E-state index contributed by atoms with van der Waals surface area (Å²) in [5.41, 5.74) is 7.14. The van der Waals surface area contributed by atoms with Gasteiger partial charge in [0.05, 0.1) is 12.2 Å². The molecule has 16 heavy (non-hydrogen) atoms. The average molecular weight is 221 g/mol. The average Bonchev–Trinajstić information content (AvgIpc) is 2.86. The lowest BCUT2D eigenvalue weighted by molar-refractivity contribution is 0.463. The first-order valence-corrected chi connectivity index (χ1v) is 6.46. The lowest BCUT2D eigenvalue weighted by atomic mass is 9.91. The molecule has 1 saturated carbocycles. The highest BCUT2D eigenvalue weighted by atomic mass is 15.3. The van der Waals surface area contributed by atoms with Crippen molar-refractivity contribution in [3.05, 3.63) is 18.0 Å². The largest absolute Gasteiger partial charge is 0.330 e. The molecule has 0 radical (unpaired) electrons. The smallest absolute Gasteiger partial charge is 0.0525 e. The molecular formula is C13H23N3. The molecule has 1 aromatic heterocycles. The molecule has 0 bridgehead atoms. The van der Waals surface area contributed by atoms with E-state index in [1.54, 1.807) is 0 Å². The zero-order valence-electron chi connectivity index (χ0n) is 10.4. The van der Waals surface area contributed by atoms with Crippen molar-refractivity contribution in [1.82, 2.24) is 9.78 Å². The molecule has 90 valence electrons. The Morgan fingerprint density at radius 3 is 2.69 bits per heavy atom. The Kier molecular flexibility index (Phi) is 3.64. The Balaban J connectivity index is 2.11. The molecule has 3 heteroatoms. The number of aromatic nitrogens is 2. The second-order valence-corrected chi connectivity index (χ2v) is 5.28. The van der Waals surface area contributed by atoms with Gasteiger partial charge in [-0.25, -0.2) is 0 Å². The number of nitrogens with zero attached hydrogens (tertiary/aromatic N) is 2. The first-order chi connectivity index (χ1) is 7.72. The predicted octanol–water partition coefficient (Wildman–Crippen LogP) is 2.70. The summed E-state index contributed by atoms with van der Waals surface area (Å²) >= 11 is 0. The van der Waals surface area contributed by atoms with Gasteiger partial charge < -0.3 is 5.73 Å². The van der Waals surface area contributed by atoms with Crippen LogP contribution in [0.3, 0.4) is 0 Å². The molecule has 1 aliphatic rings. The third-order valence-electron chi connectivity index (χ3n) is 3.81. The summed E-state index contributed by atoms with van der Waals surface area (Å²) in [7, 11) is 0. The maximum Gasteiger partial charge on any atom is 0.0525 e. The maximum absolute atomic E-state index is 5.83. The quantitative estimate of drug-likeness (QED) is 0.849. The third-order valence-corrected chi connectivity index (χ3v) is 3.81. The zero-order chi connectivity index (χ0) is 11.5. The van der Waals surface area contributed by atoms with Gasteiger partial charge in [-0.1, -0.05) is 26.7 Å². The van der Waals surface area contributed by atoms with Gasteiger partial charge in [-0.05, 0) is 30.9 Å². The molecule has 0 aromatic carbocycles. The van der Waals surface area contributed by atoms with Crippen LogP contribution in [-0.2, 0) is 0 Å². The van der Waals surface area contributed by atoms with Crippen LogP contribution in [0.4, 0.5) is 0 Å². The molecule has 1 aromatic rings. The van der Waals surface area contributed by atoms with Crippen LogP contribution in [0.2, 0.25) is 0 Å². The summed E-state index contributed by atoms with van der Waals surface area (Å²) in [6, 6.07) is 0.638. The third kappa shape index (κ3) is 2.29. The molecule has 0 aliphatic heterocycles. The van der Waals surface area contributed by atoms with Crippen LogP contribution in [-0.4, -0.2) is 16.3 Å². The monoisotopic (exact) mass is 221 g/mol. The number of rotatable bonds is 4. The van der Waals surface area contributed by atoms with Gasteiger partial charge in [0.15, 0.2) is 0 Å². The molecule has 1 aliphatic carbocycles. The van der Waals surface area contributed by atoms with E-state index in [9.17, 15) is 0 Å². The van der Waals surface area contributed by atoms with E-state index in [2.05, 4.69) is 29.8 Å². The van der Waals surface area contributed by atoms with E-state index in [0.29, 0.717) is 24.4 Å². The summed E-state index contributed by atoms with van der Waals surface area (Å²) < 4.78 is 2.16. The fourth-order valence-corrected chi connectivity index (χ4v) is 2.71. The van der Waals surface area contributed by atoms with Crippen molar-refractivity contribution in [2.75, 3.05) is 6.54 Å². The molecule has 0 spiro atoms. The van der Waals surface area contributed by atoms with E-state index in [-0.39, 0.29) is 0 Å². The highest BCUT2D eigenvalue weighted by molar-refractivity contribution is 5.13. The molecule has 1 atom stereocenters. The normalized spacial score (nSPS) is 19.5. The van der Waals surface area contributed by atoms with E-state index in [0.717, 1.165) is 0 Å². The number of nitrogens with two attached hydrogens (primary N) is 1. The van der Waals surface area contributed by atoms with Gasteiger partial charge in [0, 0.05) is 12.1 Å². The molecule has 2 rings (SSSR count). The topological polar surface area (TPSA) is 43.8 Å². The first kappa shape index (κ1) is 11.6. The SMILES string of the molecule is CC(C)C(CN)c1cnn(C2CCCC2)c1. The van der Waals surface area contributed by atoms with Crippen molar-refractivity contribution >= 4 is 0 Å². The summed E-state index contributed by atoms with van der Waals surface area (Å²) in [5, 5.41) is 4.51. The maximum atomic E-state index is 5.83. The summed E-state index contributed by atoms with van der Waals surface area (Å²) in [4.78, 5) is 0. The van der Waals surface area contributed by atoms with Crippen LogP contribution >= 0.6 is 0 Å². The molecular weight excluding hydrogens is 198 g/mol. The molecule has 2 N–H and O–H groups in total. The zero-order valence-corrected chi connectivity index (χ0v) is 10.4. The van der Waals surface area contributed by atoms with E-state index in [1.165, 1.54) is 31.2 Å². The first-order valence-electron chi connectivity index (χ1n) is 6.46. The number of hydrogen-bond acceptors (Lipinski definition) is 2. The van der Waals surface area contributed by atoms with Crippen LogP contribution in [0.5, 0.6) is 0 Å². The van der Waals surface area contributed by atoms with Crippen molar-refractivity contribution in [2.24, 2.45) is 11.7 Å². The Morgan fingerprint density at radius 2 is 2.12 bits per heavy atom. The van der Waals surface area contributed by atoms with Gasteiger partial charge in [0.1, 0.15) is 0 Å². The van der Waals surface area contributed by atoms with Gasteiger partial charge in [-0.3, -0.25) is 4.68 Å². The molecule has 1 fully saturated rings. The molecule has 0 amide bonds. The Hall–Kier alpha value is -0.830. The van der Waals surface area contributed by atoms with E-state index in [4.69, 9.17) is 5.73 Å². The van der Waals surface area contributed by atoms with Gasteiger partial charge >= 0.3 is 0 Å². The Bertz CT molecular complexity index is 324. The predicted molar refractivity (Wildman–Crippen MR) is 66.4 cm³/mol. The second kappa shape index (κ2) is 5.00. The molecule has 1 heterocycles. The van der Waals surface area contributed by atoms with Crippen LogP contribution in [0.15, 0.2) is 12.4 Å². The van der Waals surface area contributed by atoms with E-state index < -0.39 is 0 Å². The van der Waals surface area contributed by atoms with Crippen LogP contribution < -0.4 is 5.73 Å². The highest BCUT2D eigenvalue weighted by Crippen LogP contribution is 2.30. The van der Waals surface area contributed by atoms with E-state index >= 15 is 0 Å². The van der Waals surface area contributed by atoms with Gasteiger partial charge in [-0.2, -0.15) is 5.10 Å². The molecule has 0 saturated heterocycles. The lowest BCUT2D eigenvalue weighted by Crippen LogP contribution is -2.17. The fraction of sp³-hybridized carbons (Fsp3) is 0.769. The second-order valence-electron chi connectivity index (χ2n) is 5.28. The van der Waals surface area contributed by atoms with E-state index in [1.807, 2.05) is 6.20 Å². The van der Waals surface area contributed by atoms with Gasteiger partial charge in [0.25, 0.3) is 0 Å². The van der Waals surface area contributed by atoms with Crippen molar-refractivity contribution in [2.45, 2.75) is 51.5 Å². The minimum atomic E-state index is 0.454. The summed E-state index contributed by atoms with van der Waals surface area (Å²) in [5.74, 6) is 1.04. The Morgan fingerprint density at radius 1 is 1.44 bits per heavy atom. The fourth-order valence-electron chi connectivity index (χ4n) is 2.71. The van der Waals surface area contributed by atoms with Crippen LogP contribution in [0.25, 0.3) is 0 Å². The minimum absolute atomic E-state index is 0.454. The number of hydrogen-bond donors (Lipinski definition) is 1. The van der Waals surface area contributed by atoms with Crippen molar-refractivity contribution in [1.29, 1.82) is 0 Å². The van der Waals surface area contributed by atoms with Crippen molar-refractivity contribution in [3.8, 4) is 0 Å². The minimum Gasteiger partial charge on any atom is -0.330 e. The summed E-state index contributed by atoms with van der Waals surface area (Å²) in [6.45, 7) is 5.17. The molecule has 3 nitrogen and oxygen atoms in total. The van der Waals surface area contributed by atoms with Crippen LogP contribution in [0.1, 0.15) is 57.1 Å². The van der Waals surface area contributed by atoms with Crippen molar-refractivity contribution in [3.63, 3.8) is 0 Å². The molecule has 1 unspecified atom stereocenters. The standard InChI is InChI=1S/C13H23N3/c1-10(2)13(7-14)11-8-15-16(9-11)12-5-3-4-6-12/h8-10,12-13H,3-7,14H2,1-2H3. The van der Waals surface area contributed by atoms with Gasteiger partial charge in [0.2, 0.25) is 0 Å². The highest BCUT2D eigenvalue weighted by Gasteiger charge is 2.20. The van der Waals surface area contributed by atoms with Gasteiger partial charge in [-0.15, -0.1) is 0 Å².